The van der Waals surface area contributed by atoms with E-state index >= 15 is 0 Å². The van der Waals surface area contributed by atoms with Crippen molar-refractivity contribution in [1.82, 2.24) is 10.2 Å². The average molecular weight is 517 g/mol. The lowest BCUT2D eigenvalue weighted by Crippen LogP contribution is -2.41. The summed E-state index contributed by atoms with van der Waals surface area (Å²) in [6, 6.07) is 22.4. The van der Waals surface area contributed by atoms with Crippen LogP contribution in [0.3, 0.4) is 0 Å². The van der Waals surface area contributed by atoms with Crippen molar-refractivity contribution in [1.29, 1.82) is 0 Å². The van der Waals surface area contributed by atoms with Crippen molar-refractivity contribution in [3.63, 3.8) is 0 Å². The van der Waals surface area contributed by atoms with E-state index in [9.17, 15) is 19.5 Å². The third-order valence-corrected chi connectivity index (χ3v) is 6.20. The molecule has 8 nitrogen and oxygen atoms in total. The Kier molecular flexibility index (Phi) is 8.00. The minimum atomic E-state index is -0.953. The summed E-state index contributed by atoms with van der Waals surface area (Å²) in [6.45, 7) is 5.83. The van der Waals surface area contributed by atoms with Crippen molar-refractivity contribution in [2.24, 2.45) is 0 Å². The van der Waals surface area contributed by atoms with Crippen LogP contribution in [0.4, 0.5) is 9.59 Å². The first-order valence-corrected chi connectivity index (χ1v) is 12.5. The highest BCUT2D eigenvalue weighted by Gasteiger charge is 2.29. The van der Waals surface area contributed by atoms with Crippen LogP contribution in [0.5, 0.6) is 5.75 Å². The molecule has 0 fully saturated rings. The summed E-state index contributed by atoms with van der Waals surface area (Å²) in [5.74, 6) is -1.18. The molecule has 2 N–H and O–H groups in total. The number of ether oxygens (including phenoxy) is 2. The van der Waals surface area contributed by atoms with E-state index in [1.165, 1.54) is 4.90 Å². The van der Waals surface area contributed by atoms with Crippen LogP contribution in [-0.2, 0) is 27.2 Å². The summed E-state index contributed by atoms with van der Waals surface area (Å²) in [7, 11) is 0. The second kappa shape index (κ2) is 11.4. The van der Waals surface area contributed by atoms with Gasteiger partial charge in [-0.1, -0.05) is 60.7 Å². The fourth-order valence-electron chi connectivity index (χ4n) is 4.31. The zero-order chi connectivity index (χ0) is 27.3. The molecule has 38 heavy (non-hydrogen) atoms. The number of hydrogen-bond acceptors (Lipinski definition) is 6. The topological polar surface area (TPSA) is 105 Å². The lowest BCUT2D eigenvalue weighted by molar-refractivity contribution is -0.156. The quantitative estimate of drug-likeness (QED) is 0.348. The Bertz CT molecular complexity index is 1300. The van der Waals surface area contributed by atoms with Crippen LogP contribution in [-0.4, -0.2) is 46.9 Å². The molecule has 1 unspecified atom stereocenters. The highest BCUT2D eigenvalue weighted by molar-refractivity contribution is 5.85. The third-order valence-electron chi connectivity index (χ3n) is 6.20. The first-order valence-electron chi connectivity index (χ1n) is 12.5. The van der Waals surface area contributed by atoms with Crippen LogP contribution in [0, 0.1) is 0 Å². The SMILES string of the molecule is CC(C)(C)OC(=O)C(CNC(=O)OC(=O)N1CCc2ccc(O)cc2C1)c1ccc(-c2ccccc2)cc1. The third kappa shape index (κ3) is 6.91. The largest absolute Gasteiger partial charge is 0.508 e. The van der Waals surface area contributed by atoms with E-state index in [4.69, 9.17) is 9.47 Å². The van der Waals surface area contributed by atoms with Crippen molar-refractivity contribution < 1.29 is 29.0 Å². The van der Waals surface area contributed by atoms with Gasteiger partial charge in [-0.15, -0.1) is 0 Å². The minimum Gasteiger partial charge on any atom is -0.508 e. The molecule has 0 bridgehead atoms. The summed E-state index contributed by atoms with van der Waals surface area (Å²) in [6.07, 6.45) is -1.16. The van der Waals surface area contributed by atoms with Crippen molar-refractivity contribution in [2.75, 3.05) is 13.1 Å². The number of rotatable bonds is 5. The Morgan fingerprint density at radius 2 is 1.63 bits per heavy atom. The van der Waals surface area contributed by atoms with Gasteiger partial charge >= 0.3 is 18.2 Å². The Morgan fingerprint density at radius 3 is 2.32 bits per heavy atom. The number of alkyl carbamates (subject to hydrolysis) is 1. The molecule has 0 saturated heterocycles. The Balaban J connectivity index is 1.41. The first-order chi connectivity index (χ1) is 18.1. The van der Waals surface area contributed by atoms with Gasteiger partial charge in [-0.2, -0.15) is 0 Å². The van der Waals surface area contributed by atoms with Gasteiger partial charge in [-0.3, -0.25) is 4.79 Å². The normalized spacial score (nSPS) is 13.7. The summed E-state index contributed by atoms with van der Waals surface area (Å²) in [5.41, 5.74) is 3.83. The highest BCUT2D eigenvalue weighted by Crippen LogP contribution is 2.26. The van der Waals surface area contributed by atoms with Gasteiger partial charge < -0.3 is 24.8 Å². The number of nitrogens with zero attached hydrogens (tertiary/aromatic N) is 1. The zero-order valence-electron chi connectivity index (χ0n) is 21.8. The van der Waals surface area contributed by atoms with Gasteiger partial charge in [-0.05, 0) is 67.1 Å². The fourth-order valence-corrected chi connectivity index (χ4v) is 4.31. The van der Waals surface area contributed by atoms with Gasteiger partial charge in [0, 0.05) is 19.6 Å². The van der Waals surface area contributed by atoms with Gasteiger partial charge in [0.2, 0.25) is 0 Å². The number of phenolic OH excluding ortho intramolecular Hbond substituents is 1. The van der Waals surface area contributed by atoms with Crippen LogP contribution in [0.2, 0.25) is 0 Å². The number of nitrogens with one attached hydrogen (secondary N) is 1. The maximum absolute atomic E-state index is 13.0. The van der Waals surface area contributed by atoms with E-state index < -0.39 is 29.7 Å². The van der Waals surface area contributed by atoms with Crippen molar-refractivity contribution in [3.05, 3.63) is 89.5 Å². The fraction of sp³-hybridized carbons (Fsp3) is 0.300. The molecule has 0 spiro atoms. The first kappa shape index (κ1) is 26.7. The molecule has 1 heterocycles. The second-order valence-electron chi connectivity index (χ2n) is 10.2. The van der Waals surface area contributed by atoms with Gasteiger partial charge in [0.15, 0.2) is 0 Å². The summed E-state index contributed by atoms with van der Waals surface area (Å²) >= 11 is 0. The van der Waals surface area contributed by atoms with Crippen LogP contribution in [0.25, 0.3) is 11.1 Å². The molecule has 0 saturated carbocycles. The predicted molar refractivity (Wildman–Crippen MR) is 143 cm³/mol. The molecule has 8 heteroatoms. The molecule has 0 aromatic heterocycles. The number of hydrogen-bond donors (Lipinski definition) is 2. The van der Waals surface area contributed by atoms with Crippen molar-refractivity contribution >= 4 is 18.2 Å². The van der Waals surface area contributed by atoms with Gasteiger partial charge in [0.25, 0.3) is 0 Å². The second-order valence-corrected chi connectivity index (χ2v) is 10.2. The molecular formula is C30H32N2O6. The molecule has 1 atom stereocenters. The van der Waals surface area contributed by atoms with Gasteiger partial charge in [-0.25, -0.2) is 9.59 Å². The molecule has 4 rings (SSSR count). The number of phenols is 1. The molecule has 1 aliphatic rings. The van der Waals surface area contributed by atoms with Crippen LogP contribution in [0.15, 0.2) is 72.8 Å². The highest BCUT2D eigenvalue weighted by atomic mass is 16.6. The Hall–Kier alpha value is -4.33. The number of aromatic hydroxyl groups is 1. The standard InChI is InChI=1S/C30H32N2O6/c1-30(2,3)38-27(34)26(23-11-9-21(10-12-23)20-7-5-4-6-8-20)18-31-28(35)37-29(36)32-16-15-22-13-14-25(33)17-24(22)19-32/h4-14,17,26,33H,15-16,18-19H2,1-3H3,(H,31,35). The average Bonchev–Trinajstić information content (AvgIpc) is 2.88. The van der Waals surface area contributed by atoms with Gasteiger partial charge in [0.05, 0.1) is 5.92 Å². The monoisotopic (exact) mass is 516 g/mol. The molecule has 3 aromatic carbocycles. The molecule has 2 amide bonds. The molecule has 0 radical (unpaired) electrons. The van der Waals surface area contributed by atoms with E-state index in [0.29, 0.717) is 18.5 Å². The van der Waals surface area contributed by atoms with Gasteiger partial charge in [0.1, 0.15) is 11.4 Å². The number of fused-ring (bicyclic) bond motifs is 1. The molecular weight excluding hydrogens is 484 g/mol. The minimum absolute atomic E-state index is 0.109. The smallest absolute Gasteiger partial charge is 0.419 e. The number of amides is 2. The maximum atomic E-state index is 13.0. The summed E-state index contributed by atoms with van der Waals surface area (Å²) < 4.78 is 10.6. The predicted octanol–water partition coefficient (Wildman–Crippen LogP) is 5.39. The van der Waals surface area contributed by atoms with Crippen LogP contribution >= 0.6 is 0 Å². The zero-order valence-corrected chi connectivity index (χ0v) is 21.8. The number of carbonyl (C=O) groups excluding carboxylic acids is 3. The van der Waals surface area contributed by atoms with Crippen LogP contribution in [0.1, 0.15) is 43.4 Å². The summed E-state index contributed by atoms with van der Waals surface area (Å²) in [4.78, 5) is 39.5. The van der Waals surface area contributed by atoms with Crippen molar-refractivity contribution in [3.8, 4) is 16.9 Å². The summed E-state index contributed by atoms with van der Waals surface area (Å²) in [5, 5.41) is 12.3. The number of benzene rings is 3. The Labute approximate surface area is 222 Å². The Morgan fingerprint density at radius 1 is 0.947 bits per heavy atom. The number of carbonyl (C=O) groups is 3. The lowest BCUT2D eigenvalue weighted by Gasteiger charge is -2.28. The molecule has 198 valence electrons. The lowest BCUT2D eigenvalue weighted by atomic mass is 9.96. The number of esters is 1. The molecule has 0 aliphatic carbocycles. The maximum Gasteiger partial charge on any atom is 0.419 e. The van der Waals surface area contributed by atoms with E-state index in [0.717, 1.165) is 22.3 Å². The van der Waals surface area contributed by atoms with E-state index in [-0.39, 0.29) is 18.8 Å². The van der Waals surface area contributed by atoms with E-state index in [1.54, 1.807) is 32.9 Å². The molecule has 1 aliphatic heterocycles. The van der Waals surface area contributed by atoms with E-state index in [1.807, 2.05) is 60.7 Å². The van der Waals surface area contributed by atoms with E-state index in [2.05, 4.69) is 5.32 Å². The van der Waals surface area contributed by atoms with Crippen molar-refractivity contribution in [2.45, 2.75) is 45.3 Å². The molecule has 3 aromatic rings. The van der Waals surface area contributed by atoms with Crippen LogP contribution < -0.4 is 5.32 Å².